The minimum Gasteiger partial charge on any atom is -0.444 e. The van der Waals surface area contributed by atoms with Gasteiger partial charge >= 0.3 is 0 Å². The van der Waals surface area contributed by atoms with Crippen LogP contribution in [0.4, 0.5) is 0 Å². The number of oxazole rings is 1. The lowest BCUT2D eigenvalue weighted by molar-refractivity contribution is 0.248. The maximum absolute atomic E-state index is 5.69. The Bertz CT molecular complexity index is 761. The molecule has 0 amide bonds. The largest absolute Gasteiger partial charge is 0.444 e. The Hall–Kier alpha value is -1.91. The Morgan fingerprint density at radius 2 is 2.13 bits per heavy atom. The molecule has 2 aromatic heterocycles. The van der Waals surface area contributed by atoms with Crippen LogP contribution in [0, 0.1) is 6.92 Å². The Morgan fingerprint density at radius 1 is 1.26 bits per heavy atom. The first-order chi connectivity index (χ1) is 11.3. The standard InChI is InChI=1S/C19H20N2OS/c1-14-6-8-15(9-7-14)19-20-16(13-22-19)12-21-10-2-4-17(21)18-5-3-11-23-18/h3,5-9,11,13,17H,2,4,10,12H2,1H3/t17-/m0/s1. The predicted molar refractivity (Wildman–Crippen MR) is 93.4 cm³/mol. The number of thiophene rings is 1. The van der Waals surface area contributed by atoms with Crippen molar-refractivity contribution in [2.75, 3.05) is 6.54 Å². The van der Waals surface area contributed by atoms with E-state index in [0.717, 1.165) is 24.3 Å². The van der Waals surface area contributed by atoms with E-state index < -0.39 is 0 Å². The topological polar surface area (TPSA) is 29.3 Å². The number of likely N-dealkylation sites (tertiary alicyclic amines) is 1. The van der Waals surface area contributed by atoms with Gasteiger partial charge in [-0.25, -0.2) is 4.98 Å². The van der Waals surface area contributed by atoms with E-state index >= 15 is 0 Å². The van der Waals surface area contributed by atoms with Crippen LogP contribution in [0.25, 0.3) is 11.5 Å². The van der Waals surface area contributed by atoms with Crippen LogP contribution < -0.4 is 0 Å². The molecule has 0 radical (unpaired) electrons. The van der Waals surface area contributed by atoms with Crippen molar-refractivity contribution < 1.29 is 4.42 Å². The molecule has 0 aliphatic carbocycles. The monoisotopic (exact) mass is 324 g/mol. The Balaban J connectivity index is 1.50. The minimum atomic E-state index is 0.537. The van der Waals surface area contributed by atoms with Gasteiger partial charge in [-0.3, -0.25) is 4.90 Å². The molecule has 0 bridgehead atoms. The Morgan fingerprint density at radius 3 is 2.91 bits per heavy atom. The fourth-order valence-electron chi connectivity index (χ4n) is 3.23. The average Bonchev–Trinajstić information content (AvgIpc) is 3.29. The summed E-state index contributed by atoms with van der Waals surface area (Å²) in [7, 11) is 0. The summed E-state index contributed by atoms with van der Waals surface area (Å²) in [5, 5.41) is 2.16. The van der Waals surface area contributed by atoms with Gasteiger partial charge in [-0.1, -0.05) is 23.8 Å². The third-order valence-corrected chi connectivity index (χ3v) is 5.42. The van der Waals surface area contributed by atoms with Gasteiger partial charge in [0.2, 0.25) is 5.89 Å². The molecule has 3 nitrogen and oxygen atoms in total. The molecule has 1 aliphatic heterocycles. The first kappa shape index (κ1) is 14.7. The van der Waals surface area contributed by atoms with Crippen LogP contribution in [-0.2, 0) is 6.54 Å². The number of hydrogen-bond acceptors (Lipinski definition) is 4. The molecule has 3 aromatic rings. The van der Waals surface area contributed by atoms with E-state index in [9.17, 15) is 0 Å². The lowest BCUT2D eigenvalue weighted by Crippen LogP contribution is -2.22. The molecule has 1 atom stereocenters. The molecule has 1 saturated heterocycles. The highest BCUT2D eigenvalue weighted by molar-refractivity contribution is 7.10. The fraction of sp³-hybridized carbons (Fsp3) is 0.316. The van der Waals surface area contributed by atoms with Gasteiger partial charge < -0.3 is 4.42 Å². The third kappa shape index (κ3) is 3.09. The molecule has 0 spiro atoms. The fourth-order valence-corrected chi connectivity index (χ4v) is 4.13. The quantitative estimate of drug-likeness (QED) is 0.672. The van der Waals surface area contributed by atoms with E-state index in [4.69, 9.17) is 4.42 Å². The van der Waals surface area contributed by atoms with Gasteiger partial charge in [-0.15, -0.1) is 11.3 Å². The van der Waals surface area contributed by atoms with E-state index in [0.29, 0.717) is 11.9 Å². The third-order valence-electron chi connectivity index (χ3n) is 4.45. The molecule has 3 heterocycles. The molecule has 4 heteroatoms. The maximum atomic E-state index is 5.69. The molecule has 1 aromatic carbocycles. The molecule has 4 rings (SSSR count). The van der Waals surface area contributed by atoms with Crippen LogP contribution in [-0.4, -0.2) is 16.4 Å². The van der Waals surface area contributed by atoms with Crippen LogP contribution in [0.15, 0.2) is 52.5 Å². The second kappa shape index (κ2) is 6.30. The zero-order valence-corrected chi connectivity index (χ0v) is 14.1. The number of aromatic nitrogens is 1. The summed E-state index contributed by atoms with van der Waals surface area (Å²) in [4.78, 5) is 8.66. The summed E-state index contributed by atoms with van der Waals surface area (Å²) >= 11 is 1.85. The number of benzene rings is 1. The zero-order valence-electron chi connectivity index (χ0n) is 13.2. The lowest BCUT2D eigenvalue weighted by Gasteiger charge is -2.22. The van der Waals surface area contributed by atoms with E-state index in [1.807, 2.05) is 11.3 Å². The first-order valence-electron chi connectivity index (χ1n) is 8.08. The second-order valence-electron chi connectivity index (χ2n) is 6.15. The lowest BCUT2D eigenvalue weighted by atomic mass is 10.1. The molecule has 118 valence electrons. The Kier molecular flexibility index (Phi) is 4.02. The molecule has 0 saturated carbocycles. The minimum absolute atomic E-state index is 0.537. The summed E-state index contributed by atoms with van der Waals surface area (Å²) in [6.45, 7) is 4.08. The number of hydrogen-bond donors (Lipinski definition) is 0. The molecular weight excluding hydrogens is 304 g/mol. The highest BCUT2D eigenvalue weighted by Gasteiger charge is 2.27. The van der Waals surface area contributed by atoms with Crippen molar-refractivity contribution in [3.63, 3.8) is 0 Å². The van der Waals surface area contributed by atoms with Crippen LogP contribution in [0.3, 0.4) is 0 Å². The van der Waals surface area contributed by atoms with Gasteiger partial charge in [-0.05, 0) is 49.9 Å². The maximum Gasteiger partial charge on any atom is 0.226 e. The highest BCUT2D eigenvalue weighted by Crippen LogP contribution is 2.35. The van der Waals surface area contributed by atoms with Gasteiger partial charge in [0.05, 0.1) is 5.69 Å². The van der Waals surface area contributed by atoms with E-state index in [1.54, 1.807) is 6.26 Å². The van der Waals surface area contributed by atoms with Crippen LogP contribution in [0.1, 0.15) is 35.0 Å². The normalized spacial score (nSPS) is 18.6. The summed E-state index contributed by atoms with van der Waals surface area (Å²) < 4.78 is 5.69. The molecule has 0 N–H and O–H groups in total. The van der Waals surface area contributed by atoms with Gasteiger partial charge in [0.25, 0.3) is 0 Å². The van der Waals surface area contributed by atoms with Gasteiger partial charge in [0.1, 0.15) is 6.26 Å². The van der Waals surface area contributed by atoms with E-state index in [2.05, 4.69) is 58.6 Å². The Labute approximate surface area is 140 Å². The number of aryl methyl sites for hydroxylation is 1. The summed E-state index contributed by atoms with van der Waals surface area (Å²) in [5.41, 5.74) is 3.30. The first-order valence-corrected chi connectivity index (χ1v) is 8.96. The number of rotatable bonds is 4. The van der Waals surface area contributed by atoms with Crippen molar-refractivity contribution in [2.24, 2.45) is 0 Å². The van der Waals surface area contributed by atoms with Gasteiger partial charge in [-0.2, -0.15) is 0 Å². The van der Waals surface area contributed by atoms with Crippen LogP contribution in [0.5, 0.6) is 0 Å². The molecule has 0 unspecified atom stereocenters. The summed E-state index contributed by atoms with van der Waals surface area (Å²) in [5.74, 6) is 0.715. The highest BCUT2D eigenvalue weighted by atomic mass is 32.1. The molecule has 23 heavy (non-hydrogen) atoms. The number of nitrogens with zero attached hydrogens (tertiary/aromatic N) is 2. The van der Waals surface area contributed by atoms with E-state index in [1.165, 1.54) is 23.3 Å². The van der Waals surface area contributed by atoms with Crippen molar-refractivity contribution in [3.8, 4) is 11.5 Å². The van der Waals surface area contributed by atoms with E-state index in [-0.39, 0.29) is 0 Å². The van der Waals surface area contributed by atoms with Gasteiger partial charge in [0, 0.05) is 23.0 Å². The smallest absolute Gasteiger partial charge is 0.226 e. The SMILES string of the molecule is Cc1ccc(-c2nc(CN3CCC[C@H]3c3cccs3)co2)cc1. The van der Waals surface area contributed by atoms with Crippen molar-refractivity contribution in [2.45, 2.75) is 32.4 Å². The molecular formula is C19H20N2OS. The van der Waals surface area contributed by atoms with Crippen molar-refractivity contribution in [1.82, 2.24) is 9.88 Å². The predicted octanol–water partition coefficient (Wildman–Crippen LogP) is 5.05. The second-order valence-corrected chi connectivity index (χ2v) is 7.13. The van der Waals surface area contributed by atoms with Gasteiger partial charge in [0.15, 0.2) is 0 Å². The molecule has 1 fully saturated rings. The zero-order chi connectivity index (χ0) is 15.6. The summed E-state index contributed by atoms with van der Waals surface area (Å²) in [6, 6.07) is 13.2. The van der Waals surface area contributed by atoms with Crippen LogP contribution in [0.2, 0.25) is 0 Å². The average molecular weight is 324 g/mol. The van der Waals surface area contributed by atoms with Crippen LogP contribution >= 0.6 is 11.3 Å². The van der Waals surface area contributed by atoms with Crippen molar-refractivity contribution in [3.05, 3.63) is 64.2 Å². The summed E-state index contributed by atoms with van der Waals surface area (Å²) in [6.07, 6.45) is 4.30. The molecule has 1 aliphatic rings. The van der Waals surface area contributed by atoms with Crippen molar-refractivity contribution >= 4 is 11.3 Å². The van der Waals surface area contributed by atoms with Crippen molar-refractivity contribution in [1.29, 1.82) is 0 Å².